The second kappa shape index (κ2) is 9.41. The number of hydrogen-bond donors (Lipinski definition) is 1. The molecule has 2 N–H and O–H groups in total. The summed E-state index contributed by atoms with van der Waals surface area (Å²) in [5, 5.41) is 0. The highest BCUT2D eigenvalue weighted by Crippen LogP contribution is 2.11. The van der Waals surface area contributed by atoms with E-state index in [0.29, 0.717) is 26.4 Å². The molecule has 18 heavy (non-hydrogen) atoms. The molecule has 1 fully saturated rings. The molecule has 0 aromatic carbocycles. The van der Waals surface area contributed by atoms with E-state index in [-0.39, 0.29) is 6.04 Å². The van der Waals surface area contributed by atoms with Crippen molar-refractivity contribution in [2.24, 2.45) is 5.73 Å². The Balaban J connectivity index is 2.11. The Morgan fingerprint density at radius 3 is 2.56 bits per heavy atom. The van der Waals surface area contributed by atoms with Gasteiger partial charge >= 0.3 is 0 Å². The van der Waals surface area contributed by atoms with E-state index >= 15 is 0 Å². The fourth-order valence-electron chi connectivity index (χ4n) is 1.88. The molecule has 1 aliphatic heterocycles. The Labute approximate surface area is 108 Å². The molecule has 0 saturated carbocycles. The van der Waals surface area contributed by atoms with Gasteiger partial charge in [0, 0.05) is 26.2 Å². The Bertz CT molecular complexity index is 220. The maximum absolute atomic E-state index is 11.0. The lowest BCUT2D eigenvalue weighted by Crippen LogP contribution is -2.47. The number of aldehydes is 1. The van der Waals surface area contributed by atoms with Crippen LogP contribution in [-0.4, -0.2) is 70.1 Å². The summed E-state index contributed by atoms with van der Waals surface area (Å²) >= 11 is 0. The molecule has 1 unspecified atom stereocenters. The molecule has 106 valence electrons. The highest BCUT2D eigenvalue weighted by molar-refractivity contribution is 5.55. The van der Waals surface area contributed by atoms with Gasteiger partial charge in [-0.2, -0.15) is 0 Å². The molecule has 1 atom stereocenters. The predicted octanol–water partition coefficient (Wildman–Crippen LogP) is -0.386. The van der Waals surface area contributed by atoms with Crippen LogP contribution in [0, 0.1) is 0 Å². The van der Waals surface area contributed by atoms with Crippen LogP contribution >= 0.6 is 0 Å². The number of rotatable bonds is 9. The summed E-state index contributed by atoms with van der Waals surface area (Å²) in [6.45, 7) is 3.63. The molecule has 1 rings (SSSR count). The second-order valence-corrected chi connectivity index (χ2v) is 4.38. The SMILES string of the molecule is COCCOCCOC(C=O)N1CCC(N)CC1. The summed E-state index contributed by atoms with van der Waals surface area (Å²) in [5.74, 6) is 0. The van der Waals surface area contributed by atoms with E-state index in [1.165, 1.54) is 0 Å². The van der Waals surface area contributed by atoms with Crippen molar-refractivity contribution in [1.82, 2.24) is 4.90 Å². The first-order valence-electron chi connectivity index (χ1n) is 6.41. The fourth-order valence-corrected chi connectivity index (χ4v) is 1.88. The predicted molar refractivity (Wildman–Crippen MR) is 67.3 cm³/mol. The highest BCUT2D eigenvalue weighted by atomic mass is 16.5. The van der Waals surface area contributed by atoms with Crippen LogP contribution in [0.15, 0.2) is 0 Å². The lowest BCUT2D eigenvalue weighted by atomic mass is 10.1. The van der Waals surface area contributed by atoms with Crippen LogP contribution in [0.5, 0.6) is 0 Å². The van der Waals surface area contributed by atoms with E-state index in [0.717, 1.165) is 32.2 Å². The topological polar surface area (TPSA) is 74.0 Å². The van der Waals surface area contributed by atoms with Gasteiger partial charge in [0.2, 0.25) is 0 Å². The Kier molecular flexibility index (Phi) is 8.11. The van der Waals surface area contributed by atoms with Crippen LogP contribution in [0.3, 0.4) is 0 Å². The summed E-state index contributed by atoms with van der Waals surface area (Å²) in [7, 11) is 1.63. The Morgan fingerprint density at radius 2 is 1.94 bits per heavy atom. The third-order valence-electron chi connectivity index (χ3n) is 3.00. The quantitative estimate of drug-likeness (QED) is 0.450. The molecule has 1 aliphatic rings. The van der Waals surface area contributed by atoms with Crippen molar-refractivity contribution in [1.29, 1.82) is 0 Å². The lowest BCUT2D eigenvalue weighted by molar-refractivity contribution is -0.135. The number of carbonyl (C=O) groups excluding carboxylic acids is 1. The summed E-state index contributed by atoms with van der Waals surface area (Å²) < 4.78 is 15.6. The molecule has 0 radical (unpaired) electrons. The van der Waals surface area contributed by atoms with Crippen molar-refractivity contribution in [2.75, 3.05) is 46.6 Å². The first-order chi connectivity index (χ1) is 8.77. The zero-order valence-electron chi connectivity index (χ0n) is 11.0. The first-order valence-corrected chi connectivity index (χ1v) is 6.41. The van der Waals surface area contributed by atoms with Gasteiger partial charge in [-0.1, -0.05) is 0 Å². The van der Waals surface area contributed by atoms with Gasteiger partial charge in [0.1, 0.15) is 0 Å². The molecule has 0 spiro atoms. The second-order valence-electron chi connectivity index (χ2n) is 4.38. The van der Waals surface area contributed by atoms with Gasteiger partial charge in [-0.05, 0) is 12.8 Å². The minimum absolute atomic E-state index is 0.255. The number of nitrogens with zero attached hydrogens (tertiary/aromatic N) is 1. The van der Waals surface area contributed by atoms with Crippen LogP contribution in [0.1, 0.15) is 12.8 Å². The number of methoxy groups -OCH3 is 1. The average Bonchev–Trinajstić information content (AvgIpc) is 2.39. The van der Waals surface area contributed by atoms with Crippen LogP contribution in [0.25, 0.3) is 0 Å². The van der Waals surface area contributed by atoms with Crippen molar-refractivity contribution in [3.05, 3.63) is 0 Å². The smallest absolute Gasteiger partial charge is 0.167 e. The molecule has 0 aliphatic carbocycles. The van der Waals surface area contributed by atoms with Crippen molar-refractivity contribution >= 4 is 6.29 Å². The maximum atomic E-state index is 11.0. The first kappa shape index (κ1) is 15.5. The molecule has 0 bridgehead atoms. The minimum atomic E-state index is -0.469. The maximum Gasteiger partial charge on any atom is 0.167 e. The van der Waals surface area contributed by atoms with Gasteiger partial charge in [0.15, 0.2) is 12.5 Å². The zero-order valence-corrected chi connectivity index (χ0v) is 11.0. The van der Waals surface area contributed by atoms with E-state index < -0.39 is 6.23 Å². The lowest BCUT2D eigenvalue weighted by Gasteiger charge is -2.33. The third-order valence-corrected chi connectivity index (χ3v) is 3.00. The molecule has 0 amide bonds. The van der Waals surface area contributed by atoms with E-state index in [1.807, 2.05) is 4.90 Å². The summed E-state index contributed by atoms with van der Waals surface area (Å²) in [6.07, 6.45) is 2.20. The molecule has 0 aromatic heterocycles. The number of piperidine rings is 1. The van der Waals surface area contributed by atoms with Gasteiger partial charge in [0.25, 0.3) is 0 Å². The van der Waals surface area contributed by atoms with Crippen molar-refractivity contribution < 1.29 is 19.0 Å². The highest BCUT2D eigenvalue weighted by Gasteiger charge is 2.23. The zero-order chi connectivity index (χ0) is 13.2. The Hall–Kier alpha value is -0.530. The van der Waals surface area contributed by atoms with E-state index in [2.05, 4.69) is 0 Å². The average molecular weight is 260 g/mol. The summed E-state index contributed by atoms with van der Waals surface area (Å²) in [5.41, 5.74) is 5.82. The standard InChI is InChI=1S/C12H24N2O4/c1-16-6-7-17-8-9-18-12(10-15)14-4-2-11(13)3-5-14/h10-12H,2-9,13H2,1H3. The van der Waals surface area contributed by atoms with E-state index in [9.17, 15) is 4.79 Å². The number of hydrogen-bond acceptors (Lipinski definition) is 6. The number of likely N-dealkylation sites (tertiary alicyclic amines) is 1. The molecule has 6 heteroatoms. The molecule has 1 saturated heterocycles. The molecule has 0 aromatic rings. The van der Waals surface area contributed by atoms with Crippen molar-refractivity contribution in [3.63, 3.8) is 0 Å². The van der Waals surface area contributed by atoms with E-state index in [1.54, 1.807) is 7.11 Å². The van der Waals surface area contributed by atoms with Crippen molar-refractivity contribution in [3.8, 4) is 0 Å². The van der Waals surface area contributed by atoms with E-state index in [4.69, 9.17) is 19.9 Å². The van der Waals surface area contributed by atoms with Gasteiger partial charge in [-0.3, -0.25) is 9.69 Å². The molecular formula is C12H24N2O4. The number of ether oxygens (including phenoxy) is 3. The van der Waals surface area contributed by atoms with Crippen LogP contribution in [0.2, 0.25) is 0 Å². The van der Waals surface area contributed by atoms with Gasteiger partial charge < -0.3 is 19.9 Å². The Morgan fingerprint density at radius 1 is 1.28 bits per heavy atom. The summed E-state index contributed by atoms with van der Waals surface area (Å²) in [4.78, 5) is 13.0. The monoisotopic (exact) mass is 260 g/mol. The number of carbonyl (C=O) groups is 1. The largest absolute Gasteiger partial charge is 0.382 e. The fraction of sp³-hybridized carbons (Fsp3) is 0.917. The number of nitrogens with two attached hydrogens (primary N) is 1. The molecule has 1 heterocycles. The van der Waals surface area contributed by atoms with Crippen LogP contribution in [0.4, 0.5) is 0 Å². The van der Waals surface area contributed by atoms with Crippen LogP contribution in [-0.2, 0) is 19.0 Å². The minimum Gasteiger partial charge on any atom is -0.382 e. The van der Waals surface area contributed by atoms with Gasteiger partial charge in [-0.25, -0.2) is 0 Å². The molecular weight excluding hydrogens is 236 g/mol. The van der Waals surface area contributed by atoms with Gasteiger partial charge in [0.05, 0.1) is 26.4 Å². The molecule has 6 nitrogen and oxygen atoms in total. The van der Waals surface area contributed by atoms with Crippen molar-refractivity contribution in [2.45, 2.75) is 25.1 Å². The van der Waals surface area contributed by atoms with Crippen LogP contribution < -0.4 is 5.73 Å². The third kappa shape index (κ3) is 5.88. The van der Waals surface area contributed by atoms with Gasteiger partial charge in [-0.15, -0.1) is 0 Å². The summed E-state index contributed by atoms with van der Waals surface area (Å²) in [6, 6.07) is 0.255. The normalized spacial score (nSPS) is 19.9.